The highest BCUT2D eigenvalue weighted by Gasteiger charge is 2.27. The van der Waals surface area contributed by atoms with Gasteiger partial charge in [0.05, 0.1) is 0 Å². The molecule has 0 bridgehead atoms. The highest BCUT2D eigenvalue weighted by atomic mass is 16.3. The maximum Gasteiger partial charge on any atom is 0.116 e. The van der Waals surface area contributed by atoms with Gasteiger partial charge in [-0.2, -0.15) is 0 Å². The first-order chi connectivity index (χ1) is 7.26. The van der Waals surface area contributed by atoms with Crippen LogP contribution in [0.3, 0.4) is 0 Å². The largest absolute Gasteiger partial charge is 0.508 e. The first-order valence-corrected chi connectivity index (χ1v) is 5.54. The minimum atomic E-state index is 0.355. The van der Waals surface area contributed by atoms with E-state index in [1.807, 2.05) is 12.1 Å². The first-order valence-electron chi connectivity index (χ1n) is 5.54. The molecule has 0 aromatic heterocycles. The monoisotopic (exact) mass is 206 g/mol. The molecule has 1 unspecified atom stereocenters. The van der Waals surface area contributed by atoms with Gasteiger partial charge in [0.15, 0.2) is 0 Å². The zero-order valence-corrected chi connectivity index (χ0v) is 9.11. The molecule has 0 fully saturated rings. The third-order valence-corrected chi connectivity index (χ3v) is 3.13. The summed E-state index contributed by atoms with van der Waals surface area (Å²) >= 11 is 0. The second kappa shape index (κ2) is 4.11. The lowest BCUT2D eigenvalue weighted by atomic mass is 9.98. The van der Waals surface area contributed by atoms with E-state index in [9.17, 15) is 5.11 Å². The predicted molar refractivity (Wildman–Crippen MR) is 62.4 cm³/mol. The molecule has 0 saturated heterocycles. The molecule has 0 radical (unpaired) electrons. The van der Waals surface area contributed by atoms with Crippen molar-refractivity contribution in [1.29, 1.82) is 0 Å². The van der Waals surface area contributed by atoms with Gasteiger partial charge in [-0.25, -0.2) is 0 Å². The van der Waals surface area contributed by atoms with Crippen LogP contribution in [-0.4, -0.2) is 24.7 Å². The molecule has 3 N–H and O–H groups in total. The van der Waals surface area contributed by atoms with Crippen molar-refractivity contribution in [1.82, 2.24) is 0 Å². The van der Waals surface area contributed by atoms with Gasteiger partial charge < -0.3 is 15.7 Å². The van der Waals surface area contributed by atoms with E-state index in [0.29, 0.717) is 18.2 Å². The van der Waals surface area contributed by atoms with Gasteiger partial charge >= 0.3 is 0 Å². The summed E-state index contributed by atoms with van der Waals surface area (Å²) in [6.07, 6.45) is 0.993. The number of phenols is 1. The summed E-state index contributed by atoms with van der Waals surface area (Å²) in [5.41, 5.74) is 8.12. The van der Waals surface area contributed by atoms with Crippen LogP contribution in [0.2, 0.25) is 0 Å². The van der Waals surface area contributed by atoms with Gasteiger partial charge in [-0.15, -0.1) is 0 Å². The van der Waals surface area contributed by atoms with E-state index >= 15 is 0 Å². The number of fused-ring (bicyclic) bond motifs is 1. The Morgan fingerprint density at radius 2 is 2.33 bits per heavy atom. The summed E-state index contributed by atoms with van der Waals surface area (Å²) in [6, 6.07) is 5.64. The highest BCUT2D eigenvalue weighted by molar-refractivity contribution is 5.62. The van der Waals surface area contributed by atoms with E-state index in [2.05, 4.69) is 11.8 Å². The van der Waals surface area contributed by atoms with Crippen LogP contribution in [0, 0.1) is 0 Å². The molecule has 1 aromatic carbocycles. The van der Waals surface area contributed by atoms with Gasteiger partial charge in [0.2, 0.25) is 0 Å². The topological polar surface area (TPSA) is 49.5 Å². The number of anilines is 1. The molecule has 1 atom stereocenters. The number of aromatic hydroxyl groups is 1. The SMILES string of the molecule is CCN1CC(CCN)c2cc(O)ccc21. The Morgan fingerprint density at radius 3 is 3.00 bits per heavy atom. The van der Waals surface area contributed by atoms with Crippen molar-refractivity contribution >= 4 is 5.69 Å². The van der Waals surface area contributed by atoms with Gasteiger partial charge in [0.1, 0.15) is 5.75 Å². The van der Waals surface area contributed by atoms with E-state index in [1.165, 1.54) is 11.3 Å². The number of nitrogens with two attached hydrogens (primary N) is 1. The molecule has 1 aromatic rings. The van der Waals surface area contributed by atoms with Gasteiger partial charge in [0, 0.05) is 24.7 Å². The number of likely N-dealkylation sites (N-methyl/N-ethyl adjacent to an activating group) is 1. The van der Waals surface area contributed by atoms with Crippen LogP contribution in [0.1, 0.15) is 24.8 Å². The maximum absolute atomic E-state index is 9.49. The molecule has 0 saturated carbocycles. The van der Waals surface area contributed by atoms with Gasteiger partial charge in [-0.3, -0.25) is 0 Å². The zero-order chi connectivity index (χ0) is 10.8. The van der Waals surface area contributed by atoms with Crippen molar-refractivity contribution in [2.75, 3.05) is 24.5 Å². The van der Waals surface area contributed by atoms with E-state index in [0.717, 1.165) is 19.5 Å². The van der Waals surface area contributed by atoms with E-state index in [4.69, 9.17) is 5.73 Å². The van der Waals surface area contributed by atoms with Crippen LogP contribution >= 0.6 is 0 Å². The van der Waals surface area contributed by atoms with Gasteiger partial charge in [-0.05, 0) is 43.7 Å². The van der Waals surface area contributed by atoms with Crippen molar-refractivity contribution < 1.29 is 5.11 Å². The molecule has 0 amide bonds. The van der Waals surface area contributed by atoms with Crippen LogP contribution in [0.25, 0.3) is 0 Å². The molecule has 82 valence electrons. The van der Waals surface area contributed by atoms with Gasteiger partial charge in [0.25, 0.3) is 0 Å². The van der Waals surface area contributed by atoms with Crippen molar-refractivity contribution in [2.45, 2.75) is 19.3 Å². The molecular formula is C12H18N2O. The summed E-state index contributed by atoms with van der Waals surface area (Å²) in [4.78, 5) is 2.34. The molecule has 1 heterocycles. The Kier molecular flexibility index (Phi) is 2.82. The summed E-state index contributed by atoms with van der Waals surface area (Å²) in [6.45, 7) is 4.91. The Hall–Kier alpha value is -1.22. The molecule has 2 rings (SSSR count). The standard InChI is InChI=1S/C12H18N2O/c1-2-14-8-9(5-6-13)11-7-10(15)3-4-12(11)14/h3-4,7,9,15H,2,5-6,8,13H2,1H3. The second-order valence-electron chi connectivity index (χ2n) is 4.06. The lowest BCUT2D eigenvalue weighted by molar-refractivity contribution is 0.474. The number of hydrogen-bond acceptors (Lipinski definition) is 3. The number of nitrogens with zero attached hydrogens (tertiary/aromatic N) is 1. The number of benzene rings is 1. The van der Waals surface area contributed by atoms with Crippen molar-refractivity contribution in [2.24, 2.45) is 5.73 Å². The predicted octanol–water partition coefficient (Wildman–Crippen LogP) is 1.66. The number of rotatable bonds is 3. The maximum atomic E-state index is 9.49. The molecule has 3 nitrogen and oxygen atoms in total. The van der Waals surface area contributed by atoms with Crippen molar-refractivity contribution in [3.8, 4) is 5.75 Å². The average Bonchev–Trinajstić information content (AvgIpc) is 2.57. The number of hydrogen-bond donors (Lipinski definition) is 2. The lowest BCUT2D eigenvalue weighted by Gasteiger charge is -2.16. The molecular weight excluding hydrogens is 188 g/mol. The molecule has 1 aliphatic rings. The summed E-state index contributed by atoms with van der Waals surface area (Å²) < 4.78 is 0. The summed E-state index contributed by atoms with van der Waals surface area (Å²) in [5.74, 6) is 0.839. The zero-order valence-electron chi connectivity index (χ0n) is 9.11. The van der Waals surface area contributed by atoms with E-state index in [1.54, 1.807) is 6.07 Å². The van der Waals surface area contributed by atoms with Crippen molar-refractivity contribution in [3.05, 3.63) is 23.8 Å². The molecule has 0 aliphatic carbocycles. The Morgan fingerprint density at radius 1 is 1.53 bits per heavy atom. The fraction of sp³-hybridized carbons (Fsp3) is 0.500. The quantitative estimate of drug-likeness (QED) is 0.791. The minimum Gasteiger partial charge on any atom is -0.508 e. The second-order valence-corrected chi connectivity index (χ2v) is 4.06. The van der Waals surface area contributed by atoms with Crippen LogP contribution in [-0.2, 0) is 0 Å². The van der Waals surface area contributed by atoms with E-state index in [-0.39, 0.29) is 0 Å². The normalized spacial score (nSPS) is 19.3. The first kappa shape index (κ1) is 10.3. The third kappa shape index (κ3) is 1.79. The molecule has 3 heteroatoms. The van der Waals surface area contributed by atoms with Gasteiger partial charge in [-0.1, -0.05) is 0 Å². The third-order valence-electron chi connectivity index (χ3n) is 3.13. The fourth-order valence-corrected chi connectivity index (χ4v) is 2.37. The molecule has 0 spiro atoms. The molecule has 1 aliphatic heterocycles. The smallest absolute Gasteiger partial charge is 0.116 e. The Labute approximate surface area is 90.5 Å². The van der Waals surface area contributed by atoms with Crippen LogP contribution < -0.4 is 10.6 Å². The summed E-state index contributed by atoms with van der Waals surface area (Å²) in [7, 11) is 0. The molecule has 15 heavy (non-hydrogen) atoms. The highest BCUT2D eigenvalue weighted by Crippen LogP contribution is 2.39. The van der Waals surface area contributed by atoms with Crippen molar-refractivity contribution in [3.63, 3.8) is 0 Å². The Balaban J connectivity index is 2.34. The van der Waals surface area contributed by atoms with Crippen LogP contribution in [0.5, 0.6) is 5.75 Å². The average molecular weight is 206 g/mol. The number of phenolic OH excluding ortho intramolecular Hbond substituents is 1. The fourth-order valence-electron chi connectivity index (χ4n) is 2.37. The van der Waals surface area contributed by atoms with E-state index < -0.39 is 0 Å². The Bertz CT molecular complexity index is 351. The minimum absolute atomic E-state index is 0.355. The van der Waals surface area contributed by atoms with Crippen LogP contribution in [0.4, 0.5) is 5.69 Å². The lowest BCUT2D eigenvalue weighted by Crippen LogP contribution is -2.21. The summed E-state index contributed by atoms with van der Waals surface area (Å²) in [5, 5.41) is 9.49. The van der Waals surface area contributed by atoms with Crippen LogP contribution in [0.15, 0.2) is 18.2 Å².